The number of ether oxygens (including phenoxy) is 1. The van der Waals surface area contributed by atoms with Crippen molar-refractivity contribution < 1.29 is 9.66 Å². The largest absolute Gasteiger partial charge is 0.487 e. The molecule has 0 saturated carbocycles. The molecule has 0 fully saturated rings. The van der Waals surface area contributed by atoms with Crippen molar-refractivity contribution in [2.45, 2.75) is 20.5 Å². The number of benzene rings is 2. The van der Waals surface area contributed by atoms with Crippen molar-refractivity contribution in [2.75, 3.05) is 0 Å². The minimum absolute atomic E-state index is 0.109. The molecule has 1 heterocycles. The molecular weight excluding hydrogens is 292 g/mol. The quantitative estimate of drug-likeness (QED) is 0.531. The Morgan fingerprint density at radius 2 is 1.87 bits per heavy atom. The zero-order valence-corrected chi connectivity index (χ0v) is 12.9. The number of fused-ring (bicyclic) bond motifs is 1. The van der Waals surface area contributed by atoms with Gasteiger partial charge in [0, 0.05) is 22.7 Å². The van der Waals surface area contributed by atoms with Crippen molar-refractivity contribution in [2.24, 2.45) is 0 Å². The molecule has 116 valence electrons. The van der Waals surface area contributed by atoms with Gasteiger partial charge in [-0.05, 0) is 31.5 Å². The van der Waals surface area contributed by atoms with Crippen molar-refractivity contribution in [1.29, 1.82) is 0 Å². The number of aromatic nitrogens is 1. The molecule has 0 aliphatic rings. The summed E-state index contributed by atoms with van der Waals surface area (Å²) in [7, 11) is 0. The van der Waals surface area contributed by atoms with Gasteiger partial charge in [-0.3, -0.25) is 10.1 Å². The van der Waals surface area contributed by atoms with Crippen LogP contribution in [0, 0.1) is 24.0 Å². The van der Waals surface area contributed by atoms with Crippen molar-refractivity contribution in [1.82, 2.24) is 4.98 Å². The van der Waals surface area contributed by atoms with Crippen molar-refractivity contribution in [3.63, 3.8) is 0 Å². The Morgan fingerprint density at radius 3 is 2.65 bits per heavy atom. The first-order valence-electron chi connectivity index (χ1n) is 7.28. The fraction of sp³-hybridized carbons (Fsp3) is 0.167. The lowest BCUT2D eigenvalue weighted by Gasteiger charge is -2.11. The molecular formula is C18H16N2O3. The molecule has 0 amide bonds. The first kappa shape index (κ1) is 15.0. The van der Waals surface area contributed by atoms with Crippen LogP contribution in [0.1, 0.15) is 16.8 Å². The van der Waals surface area contributed by atoms with Crippen LogP contribution in [0.3, 0.4) is 0 Å². The zero-order valence-electron chi connectivity index (χ0n) is 12.9. The molecule has 3 aromatic rings. The highest BCUT2D eigenvalue weighted by atomic mass is 16.6. The first-order valence-corrected chi connectivity index (χ1v) is 7.28. The highest BCUT2D eigenvalue weighted by Gasteiger charge is 2.14. The van der Waals surface area contributed by atoms with Gasteiger partial charge in [0.2, 0.25) is 0 Å². The van der Waals surface area contributed by atoms with E-state index in [4.69, 9.17) is 4.74 Å². The summed E-state index contributed by atoms with van der Waals surface area (Å²) < 4.78 is 5.89. The number of nitro benzene ring substituents is 1. The maximum absolute atomic E-state index is 11.0. The maximum Gasteiger partial charge on any atom is 0.272 e. The Hall–Kier alpha value is -2.95. The smallest absolute Gasteiger partial charge is 0.272 e. The number of pyridine rings is 1. The molecule has 0 aliphatic carbocycles. The first-order chi connectivity index (χ1) is 11.1. The number of hydrogen-bond donors (Lipinski definition) is 0. The summed E-state index contributed by atoms with van der Waals surface area (Å²) in [5.74, 6) is 0.678. The van der Waals surface area contributed by atoms with Gasteiger partial charge < -0.3 is 4.74 Å². The molecule has 23 heavy (non-hydrogen) atoms. The van der Waals surface area contributed by atoms with Crippen LogP contribution < -0.4 is 4.74 Å². The Kier molecular flexibility index (Phi) is 3.93. The predicted octanol–water partition coefficient (Wildman–Crippen LogP) is 4.34. The van der Waals surface area contributed by atoms with E-state index in [2.05, 4.69) is 4.98 Å². The topological polar surface area (TPSA) is 65.3 Å². The third-order valence-electron chi connectivity index (χ3n) is 3.82. The molecule has 0 unspecified atom stereocenters. The molecule has 2 aromatic carbocycles. The van der Waals surface area contributed by atoms with Gasteiger partial charge in [0.15, 0.2) is 0 Å². The number of rotatable bonds is 4. The molecule has 1 aromatic heterocycles. The van der Waals surface area contributed by atoms with Crippen molar-refractivity contribution >= 4 is 16.6 Å². The molecule has 0 atom stereocenters. The summed E-state index contributed by atoms with van der Waals surface area (Å²) in [6, 6.07) is 14.7. The normalized spacial score (nSPS) is 10.7. The van der Waals surface area contributed by atoms with Crippen LogP contribution in [0.15, 0.2) is 48.5 Å². The van der Waals surface area contributed by atoms with Crippen LogP contribution in [0.4, 0.5) is 5.69 Å². The summed E-state index contributed by atoms with van der Waals surface area (Å²) in [5.41, 5.74) is 3.25. The maximum atomic E-state index is 11.0. The second kappa shape index (κ2) is 6.04. The summed E-state index contributed by atoms with van der Waals surface area (Å²) in [6.07, 6.45) is 0. The standard InChI is InChI=1S/C18H16N2O3/c1-12-9-10-14-5-4-8-17(18(14)19-12)23-11-15-6-3-7-16(13(15)2)20(21)22/h3-10H,11H2,1-2H3. The lowest BCUT2D eigenvalue weighted by molar-refractivity contribution is -0.385. The summed E-state index contributed by atoms with van der Waals surface area (Å²) in [4.78, 5) is 15.2. The number of para-hydroxylation sites is 1. The average Bonchev–Trinajstić information content (AvgIpc) is 2.53. The molecule has 0 bridgehead atoms. The summed E-state index contributed by atoms with van der Waals surface area (Å²) in [5, 5.41) is 12.0. The predicted molar refractivity (Wildman–Crippen MR) is 88.6 cm³/mol. The van der Waals surface area contributed by atoms with Gasteiger partial charge in [0.25, 0.3) is 5.69 Å². The van der Waals surface area contributed by atoms with Gasteiger partial charge in [0.05, 0.1) is 4.92 Å². The van der Waals surface area contributed by atoms with E-state index in [-0.39, 0.29) is 17.2 Å². The van der Waals surface area contributed by atoms with Gasteiger partial charge in [-0.25, -0.2) is 4.98 Å². The van der Waals surface area contributed by atoms with E-state index in [1.807, 2.05) is 43.3 Å². The fourth-order valence-corrected chi connectivity index (χ4v) is 2.51. The monoisotopic (exact) mass is 308 g/mol. The van der Waals surface area contributed by atoms with E-state index in [9.17, 15) is 10.1 Å². The Morgan fingerprint density at radius 1 is 1.09 bits per heavy atom. The van der Waals surface area contributed by atoms with E-state index in [0.717, 1.165) is 22.2 Å². The van der Waals surface area contributed by atoms with Gasteiger partial charge >= 0.3 is 0 Å². The number of hydrogen-bond acceptors (Lipinski definition) is 4. The highest BCUT2D eigenvalue weighted by molar-refractivity contribution is 5.84. The van der Waals surface area contributed by atoms with E-state index in [1.165, 1.54) is 6.07 Å². The van der Waals surface area contributed by atoms with E-state index in [0.29, 0.717) is 11.3 Å². The Labute approximate surface area is 133 Å². The second-order valence-electron chi connectivity index (χ2n) is 5.39. The molecule has 0 radical (unpaired) electrons. The lowest BCUT2D eigenvalue weighted by atomic mass is 10.1. The fourth-order valence-electron chi connectivity index (χ4n) is 2.51. The van der Waals surface area contributed by atoms with E-state index < -0.39 is 0 Å². The molecule has 5 heteroatoms. The van der Waals surface area contributed by atoms with Crippen molar-refractivity contribution in [3.8, 4) is 5.75 Å². The van der Waals surface area contributed by atoms with Crippen LogP contribution in [-0.4, -0.2) is 9.91 Å². The minimum Gasteiger partial charge on any atom is -0.487 e. The minimum atomic E-state index is -0.373. The van der Waals surface area contributed by atoms with Crippen LogP contribution in [-0.2, 0) is 6.61 Å². The van der Waals surface area contributed by atoms with E-state index in [1.54, 1.807) is 13.0 Å². The molecule has 0 spiro atoms. The van der Waals surface area contributed by atoms with Crippen LogP contribution in [0.2, 0.25) is 0 Å². The third-order valence-corrected chi connectivity index (χ3v) is 3.82. The summed E-state index contributed by atoms with van der Waals surface area (Å²) >= 11 is 0. The SMILES string of the molecule is Cc1ccc2cccc(OCc3cccc([N+](=O)[O-])c3C)c2n1. The Bertz CT molecular complexity index is 891. The molecule has 0 saturated heterocycles. The second-order valence-corrected chi connectivity index (χ2v) is 5.39. The van der Waals surface area contributed by atoms with E-state index >= 15 is 0 Å². The van der Waals surface area contributed by atoms with Gasteiger partial charge in [-0.15, -0.1) is 0 Å². The van der Waals surface area contributed by atoms with Gasteiger partial charge in [-0.2, -0.15) is 0 Å². The average molecular weight is 308 g/mol. The third kappa shape index (κ3) is 2.99. The highest BCUT2D eigenvalue weighted by Crippen LogP contribution is 2.26. The zero-order chi connectivity index (χ0) is 16.4. The molecule has 0 N–H and O–H groups in total. The molecule has 3 rings (SSSR count). The lowest BCUT2D eigenvalue weighted by Crippen LogP contribution is -2.01. The number of nitrogens with zero attached hydrogens (tertiary/aromatic N) is 2. The summed E-state index contributed by atoms with van der Waals surface area (Å²) in [6.45, 7) is 3.94. The van der Waals surface area contributed by atoms with Crippen LogP contribution in [0.5, 0.6) is 5.75 Å². The Balaban J connectivity index is 1.91. The van der Waals surface area contributed by atoms with Crippen LogP contribution in [0.25, 0.3) is 10.9 Å². The molecule has 0 aliphatic heterocycles. The number of aryl methyl sites for hydroxylation is 1. The van der Waals surface area contributed by atoms with Gasteiger partial charge in [-0.1, -0.05) is 30.3 Å². The van der Waals surface area contributed by atoms with Crippen molar-refractivity contribution in [3.05, 3.63) is 75.5 Å². The number of nitro groups is 1. The van der Waals surface area contributed by atoms with Crippen LogP contribution >= 0.6 is 0 Å². The van der Waals surface area contributed by atoms with Gasteiger partial charge in [0.1, 0.15) is 17.9 Å². The molecule has 5 nitrogen and oxygen atoms in total.